The van der Waals surface area contributed by atoms with Gasteiger partial charge < -0.3 is 19.6 Å². The summed E-state index contributed by atoms with van der Waals surface area (Å²) < 4.78 is 5.73. The van der Waals surface area contributed by atoms with Crippen LogP contribution in [0, 0.1) is 0 Å². The summed E-state index contributed by atoms with van der Waals surface area (Å²) in [6.45, 7) is 3.75. The number of hydrogen-bond donors (Lipinski definition) is 1. The van der Waals surface area contributed by atoms with Gasteiger partial charge in [-0.2, -0.15) is 0 Å². The molecule has 24 heavy (non-hydrogen) atoms. The predicted octanol–water partition coefficient (Wildman–Crippen LogP) is 1.51. The summed E-state index contributed by atoms with van der Waals surface area (Å²) in [5, 5.41) is 8.67. The van der Waals surface area contributed by atoms with E-state index in [9.17, 15) is 14.4 Å². The van der Waals surface area contributed by atoms with Crippen LogP contribution in [0.1, 0.15) is 26.7 Å². The second-order valence-corrected chi connectivity index (χ2v) is 6.25. The maximum atomic E-state index is 12.6. The number of carboxylic acids is 1. The first-order chi connectivity index (χ1) is 11.2. The van der Waals surface area contributed by atoms with Crippen LogP contribution >= 0.6 is 0 Å². The van der Waals surface area contributed by atoms with E-state index in [0.717, 1.165) is 0 Å². The SMILES string of the molecule is CN(CCC(=O)O)C(=O)CCN1C(=O)C(C)(C)Oc2ccccc21. The molecule has 1 aromatic rings. The zero-order chi connectivity index (χ0) is 17.9. The fourth-order valence-electron chi connectivity index (χ4n) is 2.53. The molecule has 0 unspecified atom stereocenters. The molecule has 0 spiro atoms. The van der Waals surface area contributed by atoms with Gasteiger partial charge in [0.1, 0.15) is 5.75 Å². The number of para-hydroxylation sites is 2. The molecule has 1 aliphatic rings. The van der Waals surface area contributed by atoms with Gasteiger partial charge in [0, 0.05) is 26.6 Å². The number of aliphatic carboxylic acids is 1. The molecule has 7 nitrogen and oxygen atoms in total. The normalized spacial score (nSPS) is 15.5. The highest BCUT2D eigenvalue weighted by Crippen LogP contribution is 2.37. The van der Waals surface area contributed by atoms with Crippen molar-refractivity contribution in [3.63, 3.8) is 0 Å². The summed E-state index contributed by atoms with van der Waals surface area (Å²) in [5.74, 6) is -0.754. The van der Waals surface area contributed by atoms with Gasteiger partial charge in [0.25, 0.3) is 5.91 Å². The number of anilines is 1. The molecule has 0 bridgehead atoms. The molecule has 0 aliphatic carbocycles. The summed E-state index contributed by atoms with van der Waals surface area (Å²) in [6, 6.07) is 7.20. The molecule has 7 heteroatoms. The van der Waals surface area contributed by atoms with Gasteiger partial charge in [-0.3, -0.25) is 14.4 Å². The Morgan fingerprint density at radius 1 is 1.25 bits per heavy atom. The van der Waals surface area contributed by atoms with Crippen molar-refractivity contribution in [1.82, 2.24) is 4.90 Å². The molecule has 1 aliphatic heterocycles. The van der Waals surface area contributed by atoms with Crippen LogP contribution in [0.2, 0.25) is 0 Å². The molecule has 0 radical (unpaired) electrons. The molecule has 0 aromatic heterocycles. The first-order valence-electron chi connectivity index (χ1n) is 7.78. The van der Waals surface area contributed by atoms with Crippen LogP contribution in [-0.2, 0) is 14.4 Å². The van der Waals surface area contributed by atoms with E-state index in [4.69, 9.17) is 9.84 Å². The molecule has 0 saturated carbocycles. The smallest absolute Gasteiger partial charge is 0.305 e. The van der Waals surface area contributed by atoms with Crippen LogP contribution < -0.4 is 9.64 Å². The minimum Gasteiger partial charge on any atom is -0.481 e. The van der Waals surface area contributed by atoms with E-state index in [1.807, 2.05) is 12.1 Å². The Morgan fingerprint density at radius 3 is 2.58 bits per heavy atom. The highest BCUT2D eigenvalue weighted by atomic mass is 16.5. The third kappa shape index (κ3) is 3.84. The first kappa shape index (κ1) is 17.8. The standard InChI is InChI=1S/C17H22N2O5/c1-17(2)16(23)19(12-6-4-5-7-13(12)24-17)11-8-14(20)18(3)10-9-15(21)22/h4-7H,8-11H2,1-3H3,(H,21,22). The van der Waals surface area contributed by atoms with Crippen molar-refractivity contribution in [2.45, 2.75) is 32.3 Å². The summed E-state index contributed by atoms with van der Waals surface area (Å²) >= 11 is 0. The fraction of sp³-hybridized carbons (Fsp3) is 0.471. The number of carbonyl (C=O) groups excluding carboxylic acids is 2. The molecule has 1 heterocycles. The molecular weight excluding hydrogens is 312 g/mol. The average Bonchev–Trinajstić information content (AvgIpc) is 2.52. The zero-order valence-corrected chi connectivity index (χ0v) is 14.1. The molecule has 1 N–H and O–H groups in total. The molecule has 2 rings (SSSR count). The monoisotopic (exact) mass is 334 g/mol. The number of carboxylic acid groups (broad SMARTS) is 1. The molecular formula is C17H22N2O5. The van der Waals surface area contributed by atoms with Crippen LogP contribution in [0.25, 0.3) is 0 Å². The third-order valence-electron chi connectivity index (χ3n) is 3.92. The summed E-state index contributed by atoms with van der Waals surface area (Å²) in [7, 11) is 1.56. The lowest BCUT2D eigenvalue weighted by Crippen LogP contribution is -2.53. The Labute approximate surface area is 140 Å². The van der Waals surface area contributed by atoms with Crippen LogP contribution in [0.3, 0.4) is 0 Å². The topological polar surface area (TPSA) is 87.2 Å². The van der Waals surface area contributed by atoms with Crippen molar-refractivity contribution < 1.29 is 24.2 Å². The molecule has 0 fully saturated rings. The van der Waals surface area contributed by atoms with E-state index >= 15 is 0 Å². The number of rotatable bonds is 6. The van der Waals surface area contributed by atoms with E-state index < -0.39 is 11.6 Å². The van der Waals surface area contributed by atoms with Crippen molar-refractivity contribution in [2.75, 3.05) is 25.0 Å². The van der Waals surface area contributed by atoms with Crippen molar-refractivity contribution in [1.29, 1.82) is 0 Å². The average molecular weight is 334 g/mol. The number of benzene rings is 1. The maximum absolute atomic E-state index is 12.6. The van der Waals surface area contributed by atoms with Crippen molar-refractivity contribution >= 4 is 23.5 Å². The Balaban J connectivity index is 2.07. The van der Waals surface area contributed by atoms with Gasteiger partial charge in [-0.25, -0.2) is 0 Å². The number of amides is 2. The van der Waals surface area contributed by atoms with E-state index in [-0.39, 0.29) is 37.7 Å². The lowest BCUT2D eigenvalue weighted by Gasteiger charge is -2.38. The van der Waals surface area contributed by atoms with Crippen molar-refractivity contribution in [2.24, 2.45) is 0 Å². The van der Waals surface area contributed by atoms with Gasteiger partial charge in [-0.05, 0) is 26.0 Å². The van der Waals surface area contributed by atoms with Gasteiger partial charge in [0.2, 0.25) is 5.91 Å². The van der Waals surface area contributed by atoms with Crippen LogP contribution in [0.5, 0.6) is 5.75 Å². The minimum atomic E-state index is -0.993. The highest BCUT2D eigenvalue weighted by Gasteiger charge is 2.40. The Kier molecular flexibility index (Phi) is 5.11. The number of ether oxygens (including phenoxy) is 1. The fourth-order valence-corrected chi connectivity index (χ4v) is 2.53. The van der Waals surface area contributed by atoms with Gasteiger partial charge >= 0.3 is 5.97 Å². The Bertz CT molecular complexity index is 656. The summed E-state index contributed by atoms with van der Waals surface area (Å²) in [6.07, 6.45) is 0.0147. The molecule has 2 amide bonds. The lowest BCUT2D eigenvalue weighted by atomic mass is 10.0. The van der Waals surface area contributed by atoms with E-state index in [2.05, 4.69) is 0 Å². The van der Waals surface area contributed by atoms with Crippen molar-refractivity contribution in [3.8, 4) is 5.75 Å². The number of fused-ring (bicyclic) bond motifs is 1. The van der Waals surface area contributed by atoms with Crippen molar-refractivity contribution in [3.05, 3.63) is 24.3 Å². The number of carbonyl (C=O) groups is 3. The largest absolute Gasteiger partial charge is 0.481 e. The summed E-state index contributed by atoms with van der Waals surface area (Å²) in [4.78, 5) is 38.3. The second kappa shape index (κ2) is 6.90. The van der Waals surface area contributed by atoms with Crippen LogP contribution in [-0.4, -0.2) is 53.5 Å². The van der Waals surface area contributed by atoms with Gasteiger partial charge in [0.15, 0.2) is 5.60 Å². The maximum Gasteiger partial charge on any atom is 0.305 e. The van der Waals surface area contributed by atoms with E-state index in [1.54, 1.807) is 37.9 Å². The first-order valence-corrected chi connectivity index (χ1v) is 7.78. The number of hydrogen-bond acceptors (Lipinski definition) is 4. The highest BCUT2D eigenvalue weighted by molar-refractivity contribution is 6.02. The Morgan fingerprint density at radius 2 is 1.92 bits per heavy atom. The molecule has 0 atom stereocenters. The molecule has 130 valence electrons. The summed E-state index contributed by atoms with van der Waals surface area (Å²) in [5.41, 5.74) is -0.352. The Hall–Kier alpha value is -2.57. The van der Waals surface area contributed by atoms with E-state index in [0.29, 0.717) is 11.4 Å². The molecule has 0 saturated heterocycles. The number of nitrogens with zero attached hydrogens (tertiary/aromatic N) is 2. The van der Waals surface area contributed by atoms with Crippen LogP contribution in [0.4, 0.5) is 5.69 Å². The van der Waals surface area contributed by atoms with Gasteiger partial charge in [-0.15, -0.1) is 0 Å². The zero-order valence-electron chi connectivity index (χ0n) is 14.1. The lowest BCUT2D eigenvalue weighted by molar-refractivity contribution is -0.138. The second-order valence-electron chi connectivity index (χ2n) is 6.25. The van der Waals surface area contributed by atoms with E-state index in [1.165, 1.54) is 4.90 Å². The van der Waals surface area contributed by atoms with Crippen LogP contribution in [0.15, 0.2) is 24.3 Å². The third-order valence-corrected chi connectivity index (χ3v) is 3.92. The predicted molar refractivity (Wildman–Crippen MR) is 88.0 cm³/mol. The minimum absolute atomic E-state index is 0.103. The van der Waals surface area contributed by atoms with Gasteiger partial charge in [0.05, 0.1) is 12.1 Å². The quantitative estimate of drug-likeness (QED) is 0.852. The molecule has 1 aromatic carbocycles. The van der Waals surface area contributed by atoms with Gasteiger partial charge in [-0.1, -0.05) is 12.1 Å².